The highest BCUT2D eigenvalue weighted by atomic mass is 35.5. The molecule has 1 aromatic rings. The molecular formula is C11H16ClN3O. The fourth-order valence-corrected chi connectivity index (χ4v) is 1.60. The van der Waals surface area contributed by atoms with Gasteiger partial charge in [-0.15, -0.1) is 0 Å². The third kappa shape index (κ3) is 3.31. The van der Waals surface area contributed by atoms with Crippen LogP contribution in [-0.4, -0.2) is 35.5 Å². The lowest BCUT2D eigenvalue weighted by molar-refractivity contribution is -0.776. The minimum absolute atomic E-state index is 0. The highest BCUT2D eigenvalue weighted by Gasteiger charge is 2.17. The minimum Gasteiger partial charge on any atom is -1.00 e. The van der Waals surface area contributed by atoms with Crippen LogP contribution in [0.15, 0.2) is 30.3 Å². The van der Waals surface area contributed by atoms with Crippen LogP contribution in [0.25, 0.3) is 0 Å². The fraction of sp³-hybridized carbons (Fsp3) is 0.364. The van der Waals surface area contributed by atoms with Crippen LogP contribution in [0.3, 0.4) is 0 Å². The summed E-state index contributed by atoms with van der Waals surface area (Å²) in [4.78, 5) is 0. The molecular weight excluding hydrogens is 226 g/mol. The number of hydroxylamine groups is 1. The fourth-order valence-electron chi connectivity index (χ4n) is 1.60. The van der Waals surface area contributed by atoms with Crippen LogP contribution in [-0.2, 0) is 6.42 Å². The predicted octanol–water partition coefficient (Wildman–Crippen LogP) is -2.82. The van der Waals surface area contributed by atoms with Crippen molar-refractivity contribution in [2.45, 2.75) is 6.42 Å². The van der Waals surface area contributed by atoms with E-state index in [2.05, 4.69) is 22.8 Å². The first kappa shape index (κ1) is 12.6. The van der Waals surface area contributed by atoms with Crippen LogP contribution >= 0.6 is 0 Å². The molecule has 1 aromatic carbocycles. The van der Waals surface area contributed by atoms with Gasteiger partial charge in [0.25, 0.3) is 0 Å². The molecule has 0 bridgehead atoms. The summed E-state index contributed by atoms with van der Waals surface area (Å²) in [7, 11) is 0. The van der Waals surface area contributed by atoms with E-state index in [1.807, 2.05) is 18.2 Å². The van der Waals surface area contributed by atoms with Crippen molar-refractivity contribution in [3.63, 3.8) is 0 Å². The third-order valence-electron chi connectivity index (χ3n) is 2.42. The summed E-state index contributed by atoms with van der Waals surface area (Å²) >= 11 is 0. The first-order chi connectivity index (χ1) is 7.36. The van der Waals surface area contributed by atoms with Crippen molar-refractivity contribution in [1.29, 1.82) is 0 Å². The average Bonchev–Trinajstić information content (AvgIpc) is 2.81. The zero-order chi connectivity index (χ0) is 10.5. The molecule has 0 radical (unpaired) electrons. The summed E-state index contributed by atoms with van der Waals surface area (Å²) in [6.45, 7) is 2.34. The van der Waals surface area contributed by atoms with E-state index in [0.29, 0.717) is 12.5 Å². The molecule has 0 aromatic heterocycles. The van der Waals surface area contributed by atoms with Gasteiger partial charge in [0.2, 0.25) is 0 Å². The number of guanidine groups is 1. The number of rotatable bonds is 3. The van der Waals surface area contributed by atoms with Crippen molar-refractivity contribution in [2.75, 3.05) is 19.6 Å². The molecule has 5 heteroatoms. The van der Waals surface area contributed by atoms with Crippen molar-refractivity contribution in [3.05, 3.63) is 35.9 Å². The van der Waals surface area contributed by atoms with Crippen molar-refractivity contribution < 1.29 is 22.4 Å². The predicted molar refractivity (Wildman–Crippen MR) is 58.1 cm³/mol. The molecule has 3 N–H and O–H groups in total. The summed E-state index contributed by atoms with van der Waals surface area (Å²) in [5.41, 5.74) is 1.23. The number of halogens is 1. The number of nitrogens with one attached hydrogen (secondary N) is 2. The molecule has 1 aliphatic heterocycles. The molecule has 1 fully saturated rings. The first-order valence-electron chi connectivity index (χ1n) is 5.21. The Hall–Kier alpha value is -1.42. The molecule has 16 heavy (non-hydrogen) atoms. The molecule has 0 spiro atoms. The molecule has 2 rings (SSSR count). The van der Waals surface area contributed by atoms with Gasteiger partial charge in [-0.1, -0.05) is 35.1 Å². The number of nitrogens with zero attached hydrogens (tertiary/aromatic N) is 1. The third-order valence-corrected chi connectivity index (χ3v) is 2.42. The Balaban J connectivity index is 0.00000128. The maximum atomic E-state index is 9.68. The Morgan fingerprint density at radius 1 is 1.12 bits per heavy atom. The van der Waals surface area contributed by atoms with Gasteiger partial charge in [-0.3, -0.25) is 10.6 Å². The van der Waals surface area contributed by atoms with Gasteiger partial charge in [0.1, 0.15) is 6.54 Å². The second kappa shape index (κ2) is 6.23. The van der Waals surface area contributed by atoms with E-state index in [1.165, 1.54) is 10.3 Å². The number of hydrogen-bond acceptors (Lipinski definition) is 1. The van der Waals surface area contributed by atoms with Crippen molar-refractivity contribution in [2.24, 2.45) is 0 Å². The van der Waals surface area contributed by atoms with Crippen LogP contribution in [0.1, 0.15) is 5.56 Å². The molecule has 1 aliphatic rings. The summed E-state index contributed by atoms with van der Waals surface area (Å²) in [6.07, 6.45) is 0.837. The molecule has 4 nitrogen and oxygen atoms in total. The molecule has 0 atom stereocenters. The van der Waals surface area contributed by atoms with Gasteiger partial charge in [0, 0.05) is 6.42 Å². The standard InChI is InChI=1S/C11H15N3O.ClH/c15-14(11-12-7-8-13-11)9-6-10-4-2-1-3-5-10;/h1-5,15H,6-9H2,(H,12,13);1H. The van der Waals surface area contributed by atoms with Gasteiger partial charge in [0.05, 0.1) is 13.1 Å². The molecule has 0 aliphatic carbocycles. The van der Waals surface area contributed by atoms with Gasteiger partial charge < -0.3 is 17.6 Å². The zero-order valence-electron chi connectivity index (χ0n) is 8.99. The maximum Gasteiger partial charge on any atom is 0.382 e. The molecule has 0 unspecified atom stereocenters. The second-order valence-corrected chi connectivity index (χ2v) is 3.56. The highest BCUT2D eigenvalue weighted by Crippen LogP contribution is 1.99. The Labute approximate surface area is 101 Å². The van der Waals surface area contributed by atoms with Gasteiger partial charge in [-0.2, -0.15) is 0 Å². The smallest absolute Gasteiger partial charge is 0.382 e. The highest BCUT2D eigenvalue weighted by molar-refractivity contribution is 5.76. The van der Waals surface area contributed by atoms with E-state index in [-0.39, 0.29) is 12.4 Å². The summed E-state index contributed by atoms with van der Waals surface area (Å²) in [5.74, 6) is 0.714. The zero-order valence-corrected chi connectivity index (χ0v) is 9.74. The van der Waals surface area contributed by atoms with Gasteiger partial charge >= 0.3 is 5.96 Å². The molecule has 1 saturated heterocycles. The quantitative estimate of drug-likeness (QED) is 0.304. The van der Waals surface area contributed by atoms with Crippen LogP contribution in [0, 0.1) is 0 Å². The van der Waals surface area contributed by atoms with Crippen LogP contribution < -0.4 is 23.0 Å². The van der Waals surface area contributed by atoms with E-state index in [0.717, 1.165) is 19.5 Å². The molecule has 88 valence electrons. The number of benzene rings is 1. The van der Waals surface area contributed by atoms with E-state index >= 15 is 0 Å². The van der Waals surface area contributed by atoms with Crippen molar-refractivity contribution >= 4 is 5.96 Å². The topological polar surface area (TPSA) is 47.3 Å². The lowest BCUT2D eigenvalue weighted by Crippen LogP contribution is -3.00. The van der Waals surface area contributed by atoms with Crippen LogP contribution in [0.5, 0.6) is 0 Å². The Bertz CT molecular complexity index is 346. The van der Waals surface area contributed by atoms with Crippen LogP contribution in [0.4, 0.5) is 0 Å². The first-order valence-corrected chi connectivity index (χ1v) is 5.21. The lowest BCUT2D eigenvalue weighted by Gasteiger charge is -2.02. The van der Waals surface area contributed by atoms with E-state index in [1.54, 1.807) is 0 Å². The van der Waals surface area contributed by atoms with E-state index < -0.39 is 0 Å². The lowest BCUT2D eigenvalue weighted by atomic mass is 10.2. The Morgan fingerprint density at radius 2 is 1.75 bits per heavy atom. The van der Waals surface area contributed by atoms with E-state index in [4.69, 9.17) is 0 Å². The Morgan fingerprint density at radius 3 is 2.38 bits per heavy atom. The largest absolute Gasteiger partial charge is 1.00 e. The number of hydrogen-bond donors (Lipinski definition) is 3. The van der Waals surface area contributed by atoms with Gasteiger partial charge in [0.15, 0.2) is 0 Å². The summed E-state index contributed by atoms with van der Waals surface area (Å²) in [5, 5.41) is 15.8. The maximum absolute atomic E-state index is 9.68. The average molecular weight is 242 g/mol. The SMILES string of the molecule is O[N+](CCc1ccccc1)=C1NCCN1.[Cl-]. The summed E-state index contributed by atoms with van der Waals surface area (Å²) in [6, 6.07) is 10.1. The van der Waals surface area contributed by atoms with E-state index in [9.17, 15) is 5.21 Å². The van der Waals surface area contributed by atoms with Gasteiger partial charge in [-0.05, 0) is 5.56 Å². The molecule has 1 heterocycles. The minimum atomic E-state index is 0. The molecule has 0 saturated carbocycles. The summed E-state index contributed by atoms with van der Waals surface area (Å²) < 4.78 is 1.24. The van der Waals surface area contributed by atoms with Gasteiger partial charge in [-0.25, -0.2) is 0 Å². The monoisotopic (exact) mass is 241 g/mol. The van der Waals surface area contributed by atoms with Crippen molar-refractivity contribution in [3.8, 4) is 0 Å². The second-order valence-electron chi connectivity index (χ2n) is 3.56. The molecule has 0 amide bonds. The Kier molecular flexibility index (Phi) is 4.92. The normalized spacial score (nSPS) is 13.6. The van der Waals surface area contributed by atoms with Crippen LogP contribution in [0.2, 0.25) is 0 Å². The van der Waals surface area contributed by atoms with Crippen molar-refractivity contribution in [1.82, 2.24) is 10.6 Å².